The minimum atomic E-state index is -0.240. The van der Waals surface area contributed by atoms with E-state index >= 15 is 0 Å². The van der Waals surface area contributed by atoms with Gasteiger partial charge in [-0.1, -0.05) is 0 Å². The maximum atomic E-state index is 10.8. The molecule has 64 valence electrons. The normalized spacial score (nSPS) is 10.4. The highest BCUT2D eigenvalue weighted by atomic mass is 32.1. The molecule has 0 unspecified atom stereocenters. The summed E-state index contributed by atoms with van der Waals surface area (Å²) in [5.41, 5.74) is 2.89. The predicted molar refractivity (Wildman–Crippen MR) is 48.9 cm³/mol. The molecule has 0 radical (unpaired) electrons. The van der Waals surface area contributed by atoms with Crippen LogP contribution in [0, 0.1) is 4.77 Å². The summed E-state index contributed by atoms with van der Waals surface area (Å²) in [6, 6.07) is 1.37. The number of nitrogens with zero attached hydrogens (tertiary/aromatic N) is 1. The average molecular weight is 184 g/mol. The molecule has 0 fully saturated rings. The number of H-pyrrole nitrogens is 2. The zero-order chi connectivity index (χ0) is 8.97. The van der Waals surface area contributed by atoms with Gasteiger partial charge < -0.3 is 10.4 Å². The van der Waals surface area contributed by atoms with Crippen LogP contribution in [0.2, 0.25) is 0 Å². The van der Waals surface area contributed by atoms with Crippen LogP contribution in [0.4, 0.5) is 0 Å². The summed E-state index contributed by atoms with van der Waals surface area (Å²) in [6.45, 7) is 0. The van der Waals surface area contributed by atoms with Crippen molar-refractivity contribution in [2.75, 3.05) is 7.05 Å². The van der Waals surface area contributed by atoms with Gasteiger partial charge in [-0.25, -0.2) is 0 Å². The van der Waals surface area contributed by atoms with Gasteiger partial charge in [-0.05, 0) is 12.2 Å². The molecule has 0 aliphatic carbocycles. The Bertz CT molecular complexity index is 363. The lowest BCUT2D eigenvalue weighted by Crippen LogP contribution is -2.08. The number of hydrogen-bond donors (Lipinski definition) is 3. The van der Waals surface area contributed by atoms with Gasteiger partial charge in [0.25, 0.3) is 5.56 Å². The van der Waals surface area contributed by atoms with Crippen molar-refractivity contribution in [3.05, 3.63) is 26.9 Å². The molecule has 0 saturated carbocycles. The molecule has 0 bridgehead atoms. The maximum absolute atomic E-state index is 10.8. The largest absolute Gasteiger partial charge is 0.331 e. The van der Waals surface area contributed by atoms with Crippen LogP contribution in [0.1, 0.15) is 5.69 Å². The molecule has 0 aromatic carbocycles. The second-order valence-electron chi connectivity index (χ2n) is 2.02. The third-order valence-electron chi connectivity index (χ3n) is 1.11. The minimum Gasteiger partial charge on any atom is -0.331 e. The minimum absolute atomic E-state index is 0.240. The van der Waals surface area contributed by atoms with Crippen LogP contribution in [0.3, 0.4) is 0 Å². The summed E-state index contributed by atoms with van der Waals surface area (Å²) in [7, 11) is 1.66. The van der Waals surface area contributed by atoms with Gasteiger partial charge >= 0.3 is 0 Å². The zero-order valence-electron chi connectivity index (χ0n) is 6.42. The van der Waals surface area contributed by atoms with Crippen LogP contribution >= 0.6 is 12.2 Å². The van der Waals surface area contributed by atoms with Crippen LogP contribution < -0.4 is 11.0 Å². The summed E-state index contributed by atoms with van der Waals surface area (Å²) < 4.78 is 0.292. The zero-order valence-corrected chi connectivity index (χ0v) is 7.23. The van der Waals surface area contributed by atoms with Crippen molar-refractivity contribution < 1.29 is 0 Å². The second-order valence-corrected chi connectivity index (χ2v) is 2.43. The summed E-state index contributed by atoms with van der Waals surface area (Å²) >= 11 is 4.74. The number of hydrogen-bond acceptors (Lipinski definition) is 4. The van der Waals surface area contributed by atoms with Gasteiger partial charge in [-0.2, -0.15) is 5.10 Å². The fraction of sp³-hybridized carbons (Fsp3) is 0.167. The molecule has 0 aliphatic heterocycles. The van der Waals surface area contributed by atoms with E-state index < -0.39 is 0 Å². The van der Waals surface area contributed by atoms with Crippen molar-refractivity contribution in [2.24, 2.45) is 5.10 Å². The first-order valence-corrected chi connectivity index (χ1v) is 3.66. The fourth-order valence-corrected chi connectivity index (χ4v) is 0.910. The predicted octanol–water partition coefficient (Wildman–Crippen LogP) is -0.0142. The van der Waals surface area contributed by atoms with Crippen molar-refractivity contribution in [2.45, 2.75) is 0 Å². The Morgan fingerprint density at radius 3 is 3.00 bits per heavy atom. The first kappa shape index (κ1) is 8.66. The fourth-order valence-electron chi connectivity index (χ4n) is 0.691. The molecule has 0 aliphatic rings. The van der Waals surface area contributed by atoms with Gasteiger partial charge in [0.2, 0.25) is 0 Å². The highest BCUT2D eigenvalue weighted by Crippen LogP contribution is 1.82. The van der Waals surface area contributed by atoms with E-state index in [-0.39, 0.29) is 5.56 Å². The van der Waals surface area contributed by atoms with E-state index in [4.69, 9.17) is 12.2 Å². The van der Waals surface area contributed by atoms with Crippen LogP contribution in [-0.4, -0.2) is 23.2 Å². The Morgan fingerprint density at radius 1 is 1.67 bits per heavy atom. The molecular formula is C6H8N4OS. The molecule has 0 spiro atoms. The van der Waals surface area contributed by atoms with Crippen LogP contribution in [0.25, 0.3) is 0 Å². The molecule has 12 heavy (non-hydrogen) atoms. The van der Waals surface area contributed by atoms with Gasteiger partial charge in [0.1, 0.15) is 0 Å². The van der Waals surface area contributed by atoms with Crippen LogP contribution in [0.5, 0.6) is 0 Å². The van der Waals surface area contributed by atoms with E-state index in [0.717, 1.165) is 0 Å². The second kappa shape index (κ2) is 3.82. The summed E-state index contributed by atoms with van der Waals surface area (Å²) in [5.74, 6) is 0. The molecule has 1 rings (SSSR count). The Morgan fingerprint density at radius 2 is 2.42 bits per heavy atom. The third-order valence-corrected chi connectivity index (χ3v) is 1.32. The van der Waals surface area contributed by atoms with Gasteiger partial charge in [-0.3, -0.25) is 9.78 Å². The highest BCUT2D eigenvalue weighted by molar-refractivity contribution is 7.71. The topological polar surface area (TPSA) is 73.0 Å². The molecule has 1 aromatic rings. The molecule has 1 heterocycles. The Hall–Kier alpha value is -1.43. The molecule has 6 heteroatoms. The van der Waals surface area contributed by atoms with Crippen LogP contribution in [-0.2, 0) is 0 Å². The lowest BCUT2D eigenvalue weighted by Gasteiger charge is -1.91. The molecule has 1 aromatic heterocycles. The SMILES string of the molecule is CN/N=C/c1cc(=O)[nH]c(=S)[nH]1. The first-order valence-electron chi connectivity index (χ1n) is 3.26. The quantitative estimate of drug-likeness (QED) is 0.344. The van der Waals surface area contributed by atoms with E-state index in [1.54, 1.807) is 7.05 Å². The van der Waals surface area contributed by atoms with Gasteiger partial charge in [0.15, 0.2) is 4.77 Å². The molecule has 0 saturated heterocycles. The lowest BCUT2D eigenvalue weighted by atomic mass is 10.4. The number of hydrazone groups is 1. The Kier molecular flexibility index (Phi) is 2.76. The number of aromatic amines is 2. The monoisotopic (exact) mass is 184 g/mol. The van der Waals surface area contributed by atoms with Crippen molar-refractivity contribution in [1.82, 2.24) is 15.4 Å². The summed E-state index contributed by atoms with van der Waals surface area (Å²) in [6.07, 6.45) is 1.48. The number of nitrogens with one attached hydrogen (secondary N) is 3. The number of aromatic nitrogens is 2. The molecule has 3 N–H and O–H groups in total. The van der Waals surface area contributed by atoms with E-state index in [9.17, 15) is 4.79 Å². The molecular weight excluding hydrogens is 176 g/mol. The standard InChI is InChI=1S/C6H8N4OS/c1-7-8-3-4-2-5(11)10-6(12)9-4/h2-3,7H,1H3,(H2,9,10,11,12)/b8-3+. The molecule has 5 nitrogen and oxygen atoms in total. The average Bonchev–Trinajstić information content (AvgIpc) is 1.99. The third kappa shape index (κ3) is 2.31. The maximum Gasteiger partial charge on any atom is 0.252 e. The van der Waals surface area contributed by atoms with Crippen molar-refractivity contribution in [3.8, 4) is 0 Å². The highest BCUT2D eigenvalue weighted by Gasteiger charge is 1.89. The molecule has 0 atom stereocenters. The molecule has 0 amide bonds. The van der Waals surface area contributed by atoms with E-state index in [1.807, 2.05) is 0 Å². The van der Waals surface area contributed by atoms with Crippen molar-refractivity contribution >= 4 is 18.4 Å². The van der Waals surface area contributed by atoms with Gasteiger partial charge in [0, 0.05) is 13.1 Å². The van der Waals surface area contributed by atoms with E-state index in [0.29, 0.717) is 10.5 Å². The van der Waals surface area contributed by atoms with Crippen LogP contribution in [0.15, 0.2) is 16.0 Å². The first-order chi connectivity index (χ1) is 5.72. The van der Waals surface area contributed by atoms with Crippen molar-refractivity contribution in [1.29, 1.82) is 0 Å². The number of rotatable bonds is 2. The summed E-state index contributed by atoms with van der Waals surface area (Å²) in [4.78, 5) is 16.0. The summed E-state index contributed by atoms with van der Waals surface area (Å²) in [5, 5.41) is 3.72. The van der Waals surface area contributed by atoms with Gasteiger partial charge in [0.05, 0.1) is 11.9 Å². The van der Waals surface area contributed by atoms with Gasteiger partial charge in [-0.15, -0.1) is 0 Å². The van der Waals surface area contributed by atoms with E-state index in [1.165, 1.54) is 12.3 Å². The smallest absolute Gasteiger partial charge is 0.252 e. The Balaban J connectivity index is 3.09. The van der Waals surface area contributed by atoms with E-state index in [2.05, 4.69) is 20.5 Å². The Labute approximate surface area is 73.5 Å². The lowest BCUT2D eigenvalue weighted by molar-refractivity contribution is 0.905. The van der Waals surface area contributed by atoms with Crippen molar-refractivity contribution in [3.63, 3.8) is 0 Å².